The monoisotopic (exact) mass is 222 g/mol. The number of carbonyl (C=O) groups is 1. The van der Waals surface area contributed by atoms with E-state index in [0.29, 0.717) is 12.4 Å². The Labute approximate surface area is 94.4 Å². The van der Waals surface area contributed by atoms with E-state index in [4.69, 9.17) is 4.74 Å². The maximum Gasteiger partial charge on any atom is 0.162 e. The van der Waals surface area contributed by atoms with Gasteiger partial charge in [0, 0.05) is 6.07 Å². The van der Waals surface area contributed by atoms with Crippen LogP contribution in [-0.2, 0) is 0 Å². The summed E-state index contributed by atoms with van der Waals surface area (Å²) in [6.45, 7) is 1.98. The van der Waals surface area contributed by atoms with Crippen LogP contribution in [0.3, 0.4) is 0 Å². The highest BCUT2D eigenvalue weighted by Crippen LogP contribution is 2.32. The molecular weight excluding hydrogens is 207 g/mol. The fourth-order valence-electron chi connectivity index (χ4n) is 1.62. The van der Waals surface area contributed by atoms with E-state index in [1.54, 1.807) is 6.07 Å². The zero-order valence-electron chi connectivity index (χ0n) is 9.33. The van der Waals surface area contributed by atoms with Gasteiger partial charge in [-0.2, -0.15) is 0 Å². The van der Waals surface area contributed by atoms with Crippen LogP contribution in [0, 0.1) is 11.7 Å². The van der Waals surface area contributed by atoms with Gasteiger partial charge in [0.25, 0.3) is 0 Å². The molecule has 1 aromatic rings. The molecule has 1 aliphatic carbocycles. The molecule has 0 radical (unpaired) electrons. The minimum absolute atomic E-state index is 0.120. The van der Waals surface area contributed by atoms with Crippen molar-refractivity contribution in [3.8, 4) is 5.75 Å². The number of ketones is 1. The van der Waals surface area contributed by atoms with Crippen LogP contribution in [0.5, 0.6) is 5.75 Å². The molecule has 0 aromatic heterocycles. The first-order valence-electron chi connectivity index (χ1n) is 5.60. The third-order valence-corrected chi connectivity index (χ3v) is 2.81. The molecule has 1 fully saturated rings. The van der Waals surface area contributed by atoms with Gasteiger partial charge in [0.1, 0.15) is 11.6 Å². The molecule has 0 unspecified atom stereocenters. The molecule has 0 heterocycles. The number of benzene rings is 1. The summed E-state index contributed by atoms with van der Waals surface area (Å²) in [5.74, 6) is 0.544. The molecule has 2 nitrogen and oxygen atoms in total. The molecule has 0 spiro atoms. The zero-order valence-corrected chi connectivity index (χ0v) is 9.33. The van der Waals surface area contributed by atoms with Gasteiger partial charge in [-0.1, -0.05) is 12.8 Å². The normalized spacial score (nSPS) is 14.9. The van der Waals surface area contributed by atoms with Gasteiger partial charge in [-0.25, -0.2) is 4.39 Å². The Balaban J connectivity index is 1.93. The number of rotatable bonds is 5. The second-order valence-electron chi connectivity index (χ2n) is 4.28. The van der Waals surface area contributed by atoms with Crippen LogP contribution in [0.4, 0.5) is 4.39 Å². The smallest absolute Gasteiger partial charge is 0.162 e. The first kappa shape index (κ1) is 11.1. The lowest BCUT2D eigenvalue weighted by Crippen LogP contribution is -2.01. The molecule has 86 valence electrons. The molecular formula is C13H15FO2. The van der Waals surface area contributed by atoms with Gasteiger partial charge in [0.05, 0.1) is 12.2 Å². The fourth-order valence-corrected chi connectivity index (χ4v) is 1.62. The summed E-state index contributed by atoms with van der Waals surface area (Å²) in [7, 11) is 0. The molecule has 1 aromatic carbocycles. The molecule has 0 aliphatic heterocycles. The Morgan fingerprint density at radius 2 is 2.25 bits per heavy atom. The maximum absolute atomic E-state index is 13.4. The van der Waals surface area contributed by atoms with E-state index in [9.17, 15) is 9.18 Å². The molecule has 0 atom stereocenters. The Kier molecular flexibility index (Phi) is 3.22. The summed E-state index contributed by atoms with van der Waals surface area (Å²) in [5.41, 5.74) is 0.120. The quantitative estimate of drug-likeness (QED) is 0.715. The third kappa shape index (κ3) is 2.81. The van der Waals surface area contributed by atoms with Crippen molar-refractivity contribution >= 4 is 5.78 Å². The van der Waals surface area contributed by atoms with Crippen LogP contribution < -0.4 is 4.74 Å². The summed E-state index contributed by atoms with van der Waals surface area (Å²) < 4.78 is 18.8. The van der Waals surface area contributed by atoms with Crippen molar-refractivity contribution in [2.75, 3.05) is 6.61 Å². The van der Waals surface area contributed by atoms with E-state index < -0.39 is 5.82 Å². The lowest BCUT2D eigenvalue weighted by Gasteiger charge is -2.06. The number of halogens is 1. The van der Waals surface area contributed by atoms with Crippen LogP contribution in [0.15, 0.2) is 18.2 Å². The second kappa shape index (κ2) is 4.64. The number of hydrogen-bond acceptors (Lipinski definition) is 2. The summed E-state index contributed by atoms with van der Waals surface area (Å²) in [6.07, 6.45) is 3.62. The van der Waals surface area contributed by atoms with Crippen LogP contribution >= 0.6 is 0 Å². The Morgan fingerprint density at radius 1 is 1.50 bits per heavy atom. The molecule has 0 bridgehead atoms. The average Bonchev–Trinajstić information content (AvgIpc) is 3.01. The predicted molar refractivity (Wildman–Crippen MR) is 59.2 cm³/mol. The van der Waals surface area contributed by atoms with Crippen LogP contribution in [0.25, 0.3) is 0 Å². The van der Waals surface area contributed by atoms with E-state index in [1.807, 2.05) is 0 Å². The van der Waals surface area contributed by atoms with Crippen molar-refractivity contribution in [1.29, 1.82) is 0 Å². The van der Waals surface area contributed by atoms with E-state index in [-0.39, 0.29) is 11.3 Å². The second-order valence-corrected chi connectivity index (χ2v) is 4.28. The van der Waals surface area contributed by atoms with Gasteiger partial charge in [0.2, 0.25) is 0 Å². The van der Waals surface area contributed by atoms with Gasteiger partial charge < -0.3 is 4.74 Å². The lowest BCUT2D eigenvalue weighted by molar-refractivity contribution is 0.101. The highest BCUT2D eigenvalue weighted by atomic mass is 19.1. The fraction of sp³-hybridized carbons (Fsp3) is 0.462. The van der Waals surface area contributed by atoms with Crippen molar-refractivity contribution in [1.82, 2.24) is 0 Å². The number of ether oxygens (including phenoxy) is 1. The van der Waals surface area contributed by atoms with Gasteiger partial charge in [-0.3, -0.25) is 4.79 Å². The minimum atomic E-state index is -0.503. The van der Waals surface area contributed by atoms with Gasteiger partial charge in [-0.15, -0.1) is 0 Å². The molecule has 0 saturated heterocycles. The van der Waals surface area contributed by atoms with E-state index >= 15 is 0 Å². The molecule has 1 saturated carbocycles. The van der Waals surface area contributed by atoms with Crippen molar-refractivity contribution in [2.24, 2.45) is 5.92 Å². The third-order valence-electron chi connectivity index (χ3n) is 2.81. The largest absolute Gasteiger partial charge is 0.493 e. The number of Topliss-reactive ketones (excluding diaryl/α,β-unsaturated/α-hetero) is 1. The lowest BCUT2D eigenvalue weighted by atomic mass is 10.1. The minimum Gasteiger partial charge on any atom is -0.493 e. The van der Waals surface area contributed by atoms with Gasteiger partial charge in [-0.05, 0) is 31.4 Å². The summed E-state index contributed by atoms with van der Waals surface area (Å²) in [5, 5.41) is 0. The van der Waals surface area contributed by atoms with Gasteiger partial charge >= 0.3 is 0 Å². The first-order chi connectivity index (χ1) is 7.66. The highest BCUT2D eigenvalue weighted by Gasteiger charge is 2.20. The Bertz CT molecular complexity index is 397. The summed E-state index contributed by atoms with van der Waals surface area (Å²) >= 11 is 0. The standard InChI is InChI=1S/C13H15FO2/c1-9(15)12-5-4-11(8-13(12)14)16-7-6-10-2-3-10/h4-5,8,10H,2-3,6-7H2,1H3. The predicted octanol–water partition coefficient (Wildman–Crippen LogP) is 3.21. The topological polar surface area (TPSA) is 26.3 Å². The van der Waals surface area contributed by atoms with E-state index in [2.05, 4.69) is 0 Å². The zero-order chi connectivity index (χ0) is 11.5. The molecule has 1 aliphatic rings. The van der Waals surface area contributed by atoms with Crippen molar-refractivity contribution < 1.29 is 13.9 Å². The average molecular weight is 222 g/mol. The van der Waals surface area contributed by atoms with Crippen molar-refractivity contribution in [3.63, 3.8) is 0 Å². The van der Waals surface area contributed by atoms with Gasteiger partial charge in [0.15, 0.2) is 5.78 Å². The molecule has 0 amide bonds. The highest BCUT2D eigenvalue weighted by molar-refractivity contribution is 5.94. The Hall–Kier alpha value is -1.38. The van der Waals surface area contributed by atoms with Crippen molar-refractivity contribution in [2.45, 2.75) is 26.2 Å². The van der Waals surface area contributed by atoms with Crippen LogP contribution in [-0.4, -0.2) is 12.4 Å². The first-order valence-corrected chi connectivity index (χ1v) is 5.60. The molecule has 0 N–H and O–H groups in total. The maximum atomic E-state index is 13.4. The number of hydrogen-bond donors (Lipinski definition) is 0. The summed E-state index contributed by atoms with van der Waals surface area (Å²) in [6, 6.07) is 4.40. The molecule has 3 heteroatoms. The SMILES string of the molecule is CC(=O)c1ccc(OCCC2CC2)cc1F. The van der Waals surface area contributed by atoms with Crippen LogP contribution in [0.1, 0.15) is 36.5 Å². The van der Waals surface area contributed by atoms with Crippen LogP contribution in [0.2, 0.25) is 0 Å². The Morgan fingerprint density at radius 3 is 2.81 bits per heavy atom. The number of carbonyl (C=O) groups excluding carboxylic acids is 1. The summed E-state index contributed by atoms with van der Waals surface area (Å²) in [4.78, 5) is 11.0. The molecule has 2 rings (SSSR count). The molecule has 16 heavy (non-hydrogen) atoms. The van der Waals surface area contributed by atoms with E-state index in [1.165, 1.54) is 31.9 Å². The van der Waals surface area contributed by atoms with E-state index in [0.717, 1.165) is 12.3 Å². The van der Waals surface area contributed by atoms with Crippen molar-refractivity contribution in [3.05, 3.63) is 29.6 Å².